The zero-order valence-corrected chi connectivity index (χ0v) is 14.6. The SMILES string of the molecule is O=C(O)COc1ccccc1C=C1C(=O)NC(=O)N(Cc2ccccc2)C1=O. The Bertz CT molecular complexity index is 968. The molecule has 1 fully saturated rings. The van der Waals surface area contributed by atoms with Crippen molar-refractivity contribution in [1.29, 1.82) is 0 Å². The quantitative estimate of drug-likeness (QED) is 0.584. The summed E-state index contributed by atoms with van der Waals surface area (Å²) >= 11 is 0. The zero-order chi connectivity index (χ0) is 20.1. The van der Waals surface area contributed by atoms with E-state index in [0.717, 1.165) is 10.5 Å². The first-order valence-corrected chi connectivity index (χ1v) is 8.32. The minimum Gasteiger partial charge on any atom is -0.481 e. The van der Waals surface area contributed by atoms with Crippen molar-refractivity contribution in [2.45, 2.75) is 6.54 Å². The predicted molar refractivity (Wildman–Crippen MR) is 98.1 cm³/mol. The molecule has 0 saturated carbocycles. The highest BCUT2D eigenvalue weighted by Crippen LogP contribution is 2.23. The Morgan fingerprint density at radius 1 is 1.04 bits per heavy atom. The molecule has 1 aliphatic rings. The van der Waals surface area contributed by atoms with Crippen LogP contribution >= 0.6 is 0 Å². The molecular weight excluding hydrogens is 364 g/mol. The number of benzene rings is 2. The van der Waals surface area contributed by atoms with Crippen LogP contribution in [0.3, 0.4) is 0 Å². The molecule has 2 aromatic carbocycles. The number of nitrogens with one attached hydrogen (secondary N) is 1. The van der Waals surface area contributed by atoms with Crippen LogP contribution in [0.15, 0.2) is 60.2 Å². The Balaban J connectivity index is 1.90. The monoisotopic (exact) mass is 380 g/mol. The number of rotatable bonds is 6. The number of imide groups is 2. The van der Waals surface area contributed by atoms with Gasteiger partial charge in [-0.05, 0) is 17.7 Å². The lowest BCUT2D eigenvalue weighted by Gasteiger charge is -2.26. The molecule has 2 aromatic rings. The molecule has 4 amide bonds. The second-order valence-corrected chi connectivity index (χ2v) is 5.91. The summed E-state index contributed by atoms with van der Waals surface area (Å²) in [5, 5.41) is 10.9. The van der Waals surface area contributed by atoms with Crippen LogP contribution in [0.5, 0.6) is 5.75 Å². The number of nitrogens with zero attached hydrogens (tertiary/aromatic N) is 1. The number of carbonyl (C=O) groups excluding carboxylic acids is 3. The van der Waals surface area contributed by atoms with Gasteiger partial charge in [0.2, 0.25) is 0 Å². The number of carbonyl (C=O) groups is 4. The normalized spacial score (nSPS) is 15.5. The molecule has 142 valence electrons. The number of barbiturate groups is 1. The van der Waals surface area contributed by atoms with Crippen molar-refractivity contribution in [3.8, 4) is 5.75 Å². The van der Waals surface area contributed by atoms with Crippen LogP contribution in [0.4, 0.5) is 4.79 Å². The fraction of sp³-hybridized carbons (Fsp3) is 0.100. The first-order chi connectivity index (χ1) is 13.5. The summed E-state index contributed by atoms with van der Waals surface area (Å²) in [6.45, 7) is -0.563. The van der Waals surface area contributed by atoms with Crippen molar-refractivity contribution < 1.29 is 29.0 Å². The predicted octanol–water partition coefficient (Wildman–Crippen LogP) is 1.81. The molecular formula is C20H16N2O6. The second-order valence-electron chi connectivity index (χ2n) is 5.91. The molecule has 1 heterocycles. The maximum absolute atomic E-state index is 12.8. The van der Waals surface area contributed by atoms with Gasteiger partial charge in [0.15, 0.2) is 6.61 Å². The fourth-order valence-electron chi connectivity index (χ4n) is 2.63. The molecule has 0 aromatic heterocycles. The first-order valence-electron chi connectivity index (χ1n) is 8.32. The molecule has 8 nitrogen and oxygen atoms in total. The van der Waals surface area contributed by atoms with Crippen LogP contribution in [0.1, 0.15) is 11.1 Å². The number of para-hydroxylation sites is 1. The van der Waals surface area contributed by atoms with Crippen molar-refractivity contribution >= 4 is 29.9 Å². The largest absolute Gasteiger partial charge is 0.481 e. The second kappa shape index (κ2) is 8.17. The molecule has 8 heteroatoms. The lowest BCUT2D eigenvalue weighted by Crippen LogP contribution is -2.53. The highest BCUT2D eigenvalue weighted by Gasteiger charge is 2.35. The zero-order valence-electron chi connectivity index (χ0n) is 14.6. The molecule has 0 atom stereocenters. The topological polar surface area (TPSA) is 113 Å². The summed E-state index contributed by atoms with van der Waals surface area (Å²) in [6.07, 6.45) is 1.28. The summed E-state index contributed by atoms with van der Waals surface area (Å²) in [7, 11) is 0. The minimum absolute atomic E-state index is 0.00723. The summed E-state index contributed by atoms with van der Waals surface area (Å²) in [5.41, 5.74) is 0.822. The summed E-state index contributed by atoms with van der Waals surface area (Å²) in [5.74, 6) is -2.53. The van der Waals surface area contributed by atoms with E-state index >= 15 is 0 Å². The Kier molecular flexibility index (Phi) is 5.50. The number of urea groups is 1. The minimum atomic E-state index is -1.16. The molecule has 1 saturated heterocycles. The van der Waals surface area contributed by atoms with Gasteiger partial charge in [-0.25, -0.2) is 9.59 Å². The van der Waals surface area contributed by atoms with Gasteiger partial charge < -0.3 is 9.84 Å². The van der Waals surface area contributed by atoms with E-state index in [-0.39, 0.29) is 17.9 Å². The summed E-state index contributed by atoms with van der Waals surface area (Å²) in [6, 6.07) is 14.5. The van der Waals surface area contributed by atoms with Gasteiger partial charge in [-0.15, -0.1) is 0 Å². The lowest BCUT2D eigenvalue weighted by molar-refractivity contribution is -0.139. The molecule has 0 unspecified atom stereocenters. The van der Waals surface area contributed by atoms with E-state index in [2.05, 4.69) is 5.32 Å². The summed E-state index contributed by atoms with van der Waals surface area (Å²) < 4.78 is 5.19. The van der Waals surface area contributed by atoms with E-state index in [4.69, 9.17) is 9.84 Å². The number of aliphatic carboxylic acids is 1. The van der Waals surface area contributed by atoms with Gasteiger partial charge in [0.05, 0.1) is 6.54 Å². The molecule has 0 aliphatic carbocycles. The Hall–Kier alpha value is -3.94. The van der Waals surface area contributed by atoms with Gasteiger partial charge in [0, 0.05) is 5.56 Å². The van der Waals surface area contributed by atoms with E-state index in [9.17, 15) is 19.2 Å². The van der Waals surface area contributed by atoms with Gasteiger partial charge in [0.25, 0.3) is 11.8 Å². The van der Waals surface area contributed by atoms with Gasteiger partial charge in [-0.3, -0.25) is 19.8 Å². The molecule has 0 bridgehead atoms. The number of hydrogen-bond donors (Lipinski definition) is 2. The highest BCUT2D eigenvalue weighted by atomic mass is 16.5. The lowest BCUT2D eigenvalue weighted by atomic mass is 10.1. The van der Waals surface area contributed by atoms with Crippen molar-refractivity contribution in [1.82, 2.24) is 10.2 Å². The van der Waals surface area contributed by atoms with Crippen LogP contribution in [-0.4, -0.2) is 40.4 Å². The highest BCUT2D eigenvalue weighted by molar-refractivity contribution is 6.31. The van der Waals surface area contributed by atoms with E-state index in [0.29, 0.717) is 5.56 Å². The summed E-state index contributed by atoms with van der Waals surface area (Å²) in [4.78, 5) is 48.8. The Morgan fingerprint density at radius 2 is 1.71 bits per heavy atom. The van der Waals surface area contributed by atoms with Crippen LogP contribution < -0.4 is 10.1 Å². The number of carboxylic acid groups (broad SMARTS) is 1. The van der Waals surface area contributed by atoms with Crippen LogP contribution in [-0.2, 0) is 20.9 Å². The van der Waals surface area contributed by atoms with E-state index in [1.807, 2.05) is 6.07 Å². The molecule has 0 radical (unpaired) electrons. The number of amides is 4. The van der Waals surface area contributed by atoms with Crippen molar-refractivity contribution in [3.63, 3.8) is 0 Å². The van der Waals surface area contributed by atoms with Crippen molar-refractivity contribution in [3.05, 3.63) is 71.3 Å². The fourth-order valence-corrected chi connectivity index (χ4v) is 2.63. The molecule has 1 aliphatic heterocycles. The number of carboxylic acids is 1. The third-order valence-corrected chi connectivity index (χ3v) is 3.94. The average Bonchev–Trinajstić information content (AvgIpc) is 2.68. The Labute approximate surface area is 160 Å². The smallest absolute Gasteiger partial charge is 0.341 e. The van der Waals surface area contributed by atoms with Crippen LogP contribution in [0.25, 0.3) is 6.08 Å². The number of ether oxygens (including phenoxy) is 1. The van der Waals surface area contributed by atoms with Gasteiger partial charge >= 0.3 is 12.0 Å². The van der Waals surface area contributed by atoms with Crippen LogP contribution in [0, 0.1) is 0 Å². The van der Waals surface area contributed by atoms with Crippen molar-refractivity contribution in [2.75, 3.05) is 6.61 Å². The third-order valence-electron chi connectivity index (χ3n) is 3.94. The van der Waals surface area contributed by atoms with E-state index < -0.39 is 30.4 Å². The number of hydrogen-bond acceptors (Lipinski definition) is 5. The third kappa shape index (κ3) is 4.24. The Morgan fingerprint density at radius 3 is 2.43 bits per heavy atom. The maximum atomic E-state index is 12.8. The standard InChI is InChI=1S/C20H16N2O6/c23-17(24)12-28-16-9-5-4-8-14(16)10-15-18(25)21-20(27)22(19(15)26)11-13-6-2-1-3-7-13/h1-10H,11-12H2,(H,23,24)(H,21,25,27). The maximum Gasteiger partial charge on any atom is 0.341 e. The van der Waals surface area contributed by atoms with Gasteiger partial charge in [0.1, 0.15) is 11.3 Å². The van der Waals surface area contributed by atoms with E-state index in [1.54, 1.807) is 42.5 Å². The molecule has 3 rings (SSSR count). The van der Waals surface area contributed by atoms with Crippen LogP contribution in [0.2, 0.25) is 0 Å². The molecule has 0 spiro atoms. The molecule has 2 N–H and O–H groups in total. The van der Waals surface area contributed by atoms with Gasteiger partial charge in [-0.2, -0.15) is 0 Å². The van der Waals surface area contributed by atoms with Crippen molar-refractivity contribution in [2.24, 2.45) is 0 Å². The van der Waals surface area contributed by atoms with Gasteiger partial charge in [-0.1, -0.05) is 48.5 Å². The van der Waals surface area contributed by atoms with E-state index in [1.165, 1.54) is 12.1 Å². The molecule has 28 heavy (non-hydrogen) atoms. The average molecular weight is 380 g/mol. The first kappa shape index (κ1) is 18.8.